The summed E-state index contributed by atoms with van der Waals surface area (Å²) in [5, 5.41) is 0. The summed E-state index contributed by atoms with van der Waals surface area (Å²) in [6.07, 6.45) is 1.75. The fourth-order valence-electron chi connectivity index (χ4n) is 2.55. The maximum Gasteiger partial charge on any atom is 0.188 e. The summed E-state index contributed by atoms with van der Waals surface area (Å²) >= 11 is 0. The van der Waals surface area contributed by atoms with Gasteiger partial charge in [0, 0.05) is 6.42 Å². The molecule has 108 valence electrons. The Kier molecular flexibility index (Phi) is 4.05. The molecule has 1 atom stereocenters. The fourth-order valence-corrected chi connectivity index (χ4v) is 2.55. The van der Waals surface area contributed by atoms with Crippen LogP contribution in [0.5, 0.6) is 0 Å². The zero-order valence-electron chi connectivity index (χ0n) is 12.7. The molecule has 2 heteroatoms. The topological polar surface area (TPSA) is 21.6 Å². The van der Waals surface area contributed by atoms with E-state index in [4.69, 9.17) is 9.73 Å². The average molecular weight is 279 g/mol. The van der Waals surface area contributed by atoms with Crippen molar-refractivity contribution < 1.29 is 4.74 Å². The molecule has 1 aliphatic rings. The predicted octanol–water partition coefficient (Wildman–Crippen LogP) is 3.89. The second-order valence-corrected chi connectivity index (χ2v) is 5.84. The van der Waals surface area contributed by atoms with E-state index in [1.165, 1.54) is 22.3 Å². The highest BCUT2D eigenvalue weighted by atomic mass is 16.5. The van der Waals surface area contributed by atoms with Gasteiger partial charge in [-0.1, -0.05) is 59.7 Å². The van der Waals surface area contributed by atoms with Crippen LogP contribution in [0.1, 0.15) is 22.3 Å². The van der Waals surface area contributed by atoms with Gasteiger partial charge in [0.1, 0.15) is 6.61 Å². The van der Waals surface area contributed by atoms with E-state index in [9.17, 15) is 0 Å². The van der Waals surface area contributed by atoms with E-state index in [0.717, 1.165) is 18.7 Å². The summed E-state index contributed by atoms with van der Waals surface area (Å²) in [4.78, 5) is 4.72. The van der Waals surface area contributed by atoms with Crippen LogP contribution in [-0.4, -0.2) is 18.5 Å². The minimum atomic E-state index is 0.258. The Morgan fingerprint density at radius 3 is 2.10 bits per heavy atom. The van der Waals surface area contributed by atoms with Gasteiger partial charge in [-0.25, -0.2) is 4.99 Å². The summed E-state index contributed by atoms with van der Waals surface area (Å²) in [6.45, 7) is 4.92. The molecular weight excluding hydrogens is 258 g/mol. The zero-order valence-corrected chi connectivity index (χ0v) is 12.7. The normalized spacial score (nSPS) is 17.4. The third-order valence-corrected chi connectivity index (χ3v) is 3.84. The van der Waals surface area contributed by atoms with Gasteiger partial charge >= 0.3 is 0 Å². The number of ether oxygens (including phenoxy) is 1. The molecule has 0 aliphatic carbocycles. The minimum absolute atomic E-state index is 0.258. The van der Waals surface area contributed by atoms with Gasteiger partial charge in [-0.2, -0.15) is 0 Å². The molecule has 0 spiro atoms. The largest absolute Gasteiger partial charge is 0.478 e. The average Bonchev–Trinajstić information content (AvgIpc) is 2.91. The lowest BCUT2D eigenvalue weighted by molar-refractivity contribution is 0.311. The smallest absolute Gasteiger partial charge is 0.188 e. The van der Waals surface area contributed by atoms with Crippen molar-refractivity contribution in [1.82, 2.24) is 0 Å². The van der Waals surface area contributed by atoms with E-state index in [2.05, 4.69) is 62.4 Å². The van der Waals surface area contributed by atoms with Crippen molar-refractivity contribution >= 4 is 5.90 Å². The van der Waals surface area contributed by atoms with Crippen molar-refractivity contribution in [2.45, 2.75) is 32.7 Å². The summed E-state index contributed by atoms with van der Waals surface area (Å²) in [5.41, 5.74) is 5.17. The van der Waals surface area contributed by atoms with Crippen LogP contribution >= 0.6 is 0 Å². The summed E-state index contributed by atoms with van der Waals surface area (Å²) in [5.74, 6) is 0.871. The minimum Gasteiger partial charge on any atom is -0.478 e. The molecule has 0 aromatic heterocycles. The van der Waals surface area contributed by atoms with Gasteiger partial charge in [0.25, 0.3) is 0 Å². The van der Waals surface area contributed by atoms with Crippen LogP contribution < -0.4 is 0 Å². The standard InChI is InChI=1S/C19H21NO/c1-14-3-7-16(8-4-14)11-18-13-21-19(20-18)12-17-9-5-15(2)6-10-17/h3-10,18H,11-13H2,1-2H3. The van der Waals surface area contributed by atoms with Crippen LogP contribution in [0, 0.1) is 13.8 Å². The molecule has 0 radical (unpaired) electrons. The van der Waals surface area contributed by atoms with Crippen LogP contribution in [0.3, 0.4) is 0 Å². The van der Waals surface area contributed by atoms with Crippen LogP contribution in [0.2, 0.25) is 0 Å². The number of hydrogen-bond donors (Lipinski definition) is 0. The Balaban J connectivity index is 1.61. The van der Waals surface area contributed by atoms with E-state index < -0.39 is 0 Å². The van der Waals surface area contributed by atoms with Gasteiger partial charge in [-0.3, -0.25) is 0 Å². The van der Waals surface area contributed by atoms with E-state index >= 15 is 0 Å². The SMILES string of the molecule is Cc1ccc(CC2=NC(Cc3ccc(C)cc3)CO2)cc1. The molecule has 0 saturated carbocycles. The molecule has 2 nitrogen and oxygen atoms in total. The monoisotopic (exact) mass is 279 g/mol. The van der Waals surface area contributed by atoms with Crippen molar-refractivity contribution in [3.63, 3.8) is 0 Å². The third kappa shape index (κ3) is 3.72. The van der Waals surface area contributed by atoms with Crippen LogP contribution in [0.15, 0.2) is 53.5 Å². The van der Waals surface area contributed by atoms with E-state index in [-0.39, 0.29) is 6.04 Å². The second kappa shape index (κ2) is 6.13. The lowest BCUT2D eigenvalue weighted by Crippen LogP contribution is -2.09. The molecule has 3 rings (SSSR count). The van der Waals surface area contributed by atoms with Crippen molar-refractivity contribution in [3.8, 4) is 0 Å². The van der Waals surface area contributed by atoms with Gasteiger partial charge < -0.3 is 4.74 Å². The van der Waals surface area contributed by atoms with E-state index in [0.29, 0.717) is 6.61 Å². The maximum atomic E-state index is 5.75. The molecule has 1 heterocycles. The molecule has 21 heavy (non-hydrogen) atoms. The number of benzene rings is 2. The molecule has 1 unspecified atom stereocenters. The van der Waals surface area contributed by atoms with Crippen molar-refractivity contribution in [1.29, 1.82) is 0 Å². The molecule has 0 amide bonds. The Bertz CT molecular complexity index is 626. The predicted molar refractivity (Wildman–Crippen MR) is 86.9 cm³/mol. The number of hydrogen-bond acceptors (Lipinski definition) is 2. The number of nitrogens with zero attached hydrogens (tertiary/aromatic N) is 1. The first kappa shape index (κ1) is 13.9. The van der Waals surface area contributed by atoms with Gasteiger partial charge in [-0.15, -0.1) is 0 Å². The molecule has 0 N–H and O–H groups in total. The highest BCUT2D eigenvalue weighted by molar-refractivity contribution is 5.80. The molecule has 0 saturated heterocycles. The number of rotatable bonds is 4. The van der Waals surface area contributed by atoms with E-state index in [1.807, 2.05) is 0 Å². The maximum absolute atomic E-state index is 5.75. The first-order valence-electron chi connectivity index (χ1n) is 7.49. The summed E-state index contributed by atoms with van der Waals surface area (Å²) in [7, 11) is 0. The quantitative estimate of drug-likeness (QED) is 0.832. The molecular formula is C19H21NO. The Labute approximate surface area is 126 Å². The summed E-state index contributed by atoms with van der Waals surface area (Å²) in [6, 6.07) is 17.5. The van der Waals surface area contributed by atoms with E-state index in [1.54, 1.807) is 0 Å². The molecule has 2 aromatic carbocycles. The lowest BCUT2D eigenvalue weighted by atomic mass is 10.1. The first-order valence-corrected chi connectivity index (χ1v) is 7.49. The highest BCUT2D eigenvalue weighted by Gasteiger charge is 2.19. The van der Waals surface area contributed by atoms with Crippen LogP contribution in [-0.2, 0) is 17.6 Å². The Morgan fingerprint density at radius 2 is 1.48 bits per heavy atom. The number of aliphatic imine (C=N–C) groups is 1. The first-order chi connectivity index (χ1) is 10.2. The molecule has 0 fully saturated rings. The molecule has 0 bridgehead atoms. The fraction of sp³-hybridized carbons (Fsp3) is 0.316. The highest BCUT2D eigenvalue weighted by Crippen LogP contribution is 2.15. The molecule has 2 aromatic rings. The Hall–Kier alpha value is -2.09. The zero-order chi connectivity index (χ0) is 14.7. The summed E-state index contributed by atoms with van der Waals surface area (Å²) < 4.78 is 5.75. The second-order valence-electron chi connectivity index (χ2n) is 5.84. The van der Waals surface area contributed by atoms with Crippen LogP contribution in [0.25, 0.3) is 0 Å². The molecule has 1 aliphatic heterocycles. The van der Waals surface area contributed by atoms with Crippen molar-refractivity contribution in [2.75, 3.05) is 6.61 Å². The van der Waals surface area contributed by atoms with Crippen molar-refractivity contribution in [3.05, 3.63) is 70.8 Å². The van der Waals surface area contributed by atoms with Gasteiger partial charge in [-0.05, 0) is 31.4 Å². The van der Waals surface area contributed by atoms with Gasteiger partial charge in [0.2, 0.25) is 0 Å². The van der Waals surface area contributed by atoms with Crippen LogP contribution in [0.4, 0.5) is 0 Å². The number of aryl methyl sites for hydroxylation is 2. The lowest BCUT2D eigenvalue weighted by Gasteiger charge is -2.05. The van der Waals surface area contributed by atoms with Crippen molar-refractivity contribution in [2.24, 2.45) is 4.99 Å². The Morgan fingerprint density at radius 1 is 0.905 bits per heavy atom. The van der Waals surface area contributed by atoms with Gasteiger partial charge in [0.05, 0.1) is 6.04 Å². The third-order valence-electron chi connectivity index (χ3n) is 3.84. The van der Waals surface area contributed by atoms with Gasteiger partial charge in [0.15, 0.2) is 5.90 Å².